The highest BCUT2D eigenvalue weighted by molar-refractivity contribution is 5.97. The van der Waals surface area contributed by atoms with Crippen LogP contribution in [0, 0.1) is 0 Å². The molecule has 142 valence electrons. The van der Waals surface area contributed by atoms with E-state index in [2.05, 4.69) is 5.32 Å². The van der Waals surface area contributed by atoms with E-state index in [1.54, 1.807) is 26.2 Å². The van der Waals surface area contributed by atoms with Crippen LogP contribution in [0.4, 0.5) is 11.4 Å². The first-order valence-corrected chi connectivity index (χ1v) is 8.93. The van der Waals surface area contributed by atoms with Gasteiger partial charge in [-0.3, -0.25) is 9.59 Å². The van der Waals surface area contributed by atoms with Gasteiger partial charge in [0, 0.05) is 19.9 Å². The van der Waals surface area contributed by atoms with E-state index >= 15 is 0 Å². The number of methoxy groups -OCH3 is 2. The molecule has 0 radical (unpaired) electrons. The molecule has 0 atom stereocenters. The molecule has 0 aromatic heterocycles. The van der Waals surface area contributed by atoms with Crippen LogP contribution >= 0.6 is 0 Å². The SMILES string of the molecule is COc1cccc2c1N(C)C(=O)CC2.COc1cccc2c1NC(=O)CC2. The van der Waals surface area contributed by atoms with Crippen molar-refractivity contribution in [3.05, 3.63) is 47.5 Å². The van der Waals surface area contributed by atoms with Gasteiger partial charge in [0.05, 0.1) is 25.6 Å². The van der Waals surface area contributed by atoms with Crippen LogP contribution in [0.25, 0.3) is 0 Å². The molecule has 2 aliphatic heterocycles. The number of ether oxygens (including phenoxy) is 2. The number of rotatable bonds is 2. The summed E-state index contributed by atoms with van der Waals surface area (Å²) in [6.45, 7) is 0. The van der Waals surface area contributed by atoms with Gasteiger partial charge in [-0.2, -0.15) is 0 Å². The summed E-state index contributed by atoms with van der Waals surface area (Å²) >= 11 is 0. The predicted octanol–water partition coefficient (Wildman–Crippen LogP) is 3.18. The van der Waals surface area contributed by atoms with Crippen molar-refractivity contribution >= 4 is 23.2 Å². The molecule has 2 aromatic rings. The molecular formula is C21H24N2O4. The van der Waals surface area contributed by atoms with Gasteiger partial charge >= 0.3 is 0 Å². The number of benzene rings is 2. The number of hydrogen-bond acceptors (Lipinski definition) is 4. The smallest absolute Gasteiger partial charge is 0.227 e. The monoisotopic (exact) mass is 368 g/mol. The molecule has 6 heteroatoms. The number of hydrogen-bond donors (Lipinski definition) is 1. The van der Waals surface area contributed by atoms with Crippen LogP contribution in [0.2, 0.25) is 0 Å². The topological polar surface area (TPSA) is 67.9 Å². The second kappa shape index (κ2) is 8.12. The first-order valence-electron chi connectivity index (χ1n) is 8.93. The average Bonchev–Trinajstić information content (AvgIpc) is 2.70. The highest BCUT2D eigenvalue weighted by Crippen LogP contribution is 2.35. The summed E-state index contributed by atoms with van der Waals surface area (Å²) in [6, 6.07) is 11.7. The van der Waals surface area contributed by atoms with Gasteiger partial charge in [-0.25, -0.2) is 0 Å². The Balaban J connectivity index is 0.000000156. The number of amides is 2. The maximum atomic E-state index is 11.5. The summed E-state index contributed by atoms with van der Waals surface area (Å²) in [6.07, 6.45) is 2.78. The van der Waals surface area contributed by atoms with Crippen molar-refractivity contribution in [3.63, 3.8) is 0 Å². The molecule has 2 amide bonds. The third kappa shape index (κ3) is 3.89. The Bertz CT molecular complexity index is 835. The fourth-order valence-corrected chi connectivity index (χ4v) is 3.40. The zero-order valence-corrected chi connectivity index (χ0v) is 15.9. The molecule has 2 aliphatic rings. The van der Waals surface area contributed by atoms with Gasteiger partial charge in [-0.05, 0) is 36.1 Å². The van der Waals surface area contributed by atoms with E-state index in [1.165, 1.54) is 5.56 Å². The second-order valence-corrected chi connectivity index (χ2v) is 6.46. The summed E-state index contributed by atoms with van der Waals surface area (Å²) in [4.78, 5) is 24.3. The third-order valence-electron chi connectivity index (χ3n) is 4.84. The summed E-state index contributed by atoms with van der Waals surface area (Å²) < 4.78 is 10.4. The van der Waals surface area contributed by atoms with Crippen LogP contribution < -0.4 is 19.7 Å². The molecule has 2 heterocycles. The molecular weight excluding hydrogens is 344 g/mol. The molecule has 1 N–H and O–H groups in total. The standard InChI is InChI=1S/C11H13NO2.C10H11NO2/c1-12-10(13)7-6-8-4-3-5-9(14-2)11(8)12;1-13-8-4-2-3-7-5-6-9(12)11-10(7)8/h3-5H,6-7H2,1-2H3;2-4H,5-6H2,1H3,(H,11,12). The number of aryl methyl sites for hydroxylation is 2. The fourth-order valence-electron chi connectivity index (χ4n) is 3.40. The van der Waals surface area contributed by atoms with Crippen molar-refractivity contribution in [2.75, 3.05) is 31.5 Å². The van der Waals surface area contributed by atoms with Crippen LogP contribution in [0.1, 0.15) is 24.0 Å². The van der Waals surface area contributed by atoms with Crippen LogP contribution in [0.5, 0.6) is 11.5 Å². The van der Waals surface area contributed by atoms with Gasteiger partial charge in [0.15, 0.2) is 0 Å². The predicted molar refractivity (Wildman–Crippen MR) is 105 cm³/mol. The van der Waals surface area contributed by atoms with Gasteiger partial charge in [0.2, 0.25) is 11.8 Å². The van der Waals surface area contributed by atoms with Crippen molar-refractivity contribution in [3.8, 4) is 11.5 Å². The number of para-hydroxylation sites is 2. The van der Waals surface area contributed by atoms with Crippen molar-refractivity contribution in [1.82, 2.24) is 0 Å². The van der Waals surface area contributed by atoms with E-state index in [9.17, 15) is 9.59 Å². The number of carbonyl (C=O) groups excluding carboxylic acids is 2. The fraction of sp³-hybridized carbons (Fsp3) is 0.333. The third-order valence-corrected chi connectivity index (χ3v) is 4.84. The first kappa shape index (κ1) is 18.8. The minimum Gasteiger partial charge on any atom is -0.495 e. The quantitative estimate of drug-likeness (QED) is 0.884. The molecule has 0 saturated heterocycles. The zero-order valence-electron chi connectivity index (χ0n) is 15.9. The Morgan fingerprint density at radius 2 is 1.48 bits per heavy atom. The molecule has 27 heavy (non-hydrogen) atoms. The lowest BCUT2D eigenvalue weighted by molar-refractivity contribution is -0.118. The minimum atomic E-state index is 0.0667. The second-order valence-electron chi connectivity index (χ2n) is 6.46. The highest BCUT2D eigenvalue weighted by Gasteiger charge is 2.23. The minimum absolute atomic E-state index is 0.0667. The molecule has 0 bridgehead atoms. The number of nitrogens with one attached hydrogen (secondary N) is 1. The van der Waals surface area contributed by atoms with Crippen LogP contribution in [0.15, 0.2) is 36.4 Å². The normalized spacial score (nSPS) is 15.0. The van der Waals surface area contributed by atoms with Crippen LogP contribution in [-0.4, -0.2) is 33.1 Å². The Hall–Kier alpha value is -3.02. The van der Waals surface area contributed by atoms with Crippen molar-refractivity contribution in [1.29, 1.82) is 0 Å². The van der Waals surface area contributed by atoms with Gasteiger partial charge < -0.3 is 19.7 Å². The van der Waals surface area contributed by atoms with E-state index in [0.29, 0.717) is 12.8 Å². The van der Waals surface area contributed by atoms with Gasteiger partial charge in [-0.15, -0.1) is 0 Å². The van der Waals surface area contributed by atoms with Crippen molar-refractivity contribution in [2.45, 2.75) is 25.7 Å². The average molecular weight is 368 g/mol. The lowest BCUT2D eigenvalue weighted by Gasteiger charge is -2.27. The number of anilines is 2. The van der Waals surface area contributed by atoms with E-state index in [1.807, 2.05) is 36.4 Å². The molecule has 6 nitrogen and oxygen atoms in total. The summed E-state index contributed by atoms with van der Waals surface area (Å²) in [5, 5.41) is 2.82. The van der Waals surface area contributed by atoms with Crippen LogP contribution in [0.3, 0.4) is 0 Å². The summed E-state index contributed by atoms with van der Waals surface area (Å²) in [5.74, 6) is 1.74. The Kier molecular flexibility index (Phi) is 5.64. The van der Waals surface area contributed by atoms with E-state index in [4.69, 9.17) is 9.47 Å². The van der Waals surface area contributed by atoms with Gasteiger partial charge in [0.25, 0.3) is 0 Å². The molecule has 0 unspecified atom stereocenters. The summed E-state index contributed by atoms with van der Waals surface area (Å²) in [7, 11) is 5.03. The van der Waals surface area contributed by atoms with Crippen molar-refractivity contribution in [2.24, 2.45) is 0 Å². The highest BCUT2D eigenvalue weighted by atomic mass is 16.5. The number of nitrogens with zero attached hydrogens (tertiary/aromatic N) is 1. The van der Waals surface area contributed by atoms with E-state index in [-0.39, 0.29) is 11.8 Å². The van der Waals surface area contributed by atoms with Crippen molar-refractivity contribution < 1.29 is 19.1 Å². The van der Waals surface area contributed by atoms with E-state index in [0.717, 1.165) is 41.3 Å². The molecule has 2 aromatic carbocycles. The Labute approximate surface area is 159 Å². The lowest BCUT2D eigenvalue weighted by Crippen LogP contribution is -2.31. The molecule has 0 fully saturated rings. The zero-order chi connectivity index (χ0) is 19.4. The van der Waals surface area contributed by atoms with Gasteiger partial charge in [-0.1, -0.05) is 24.3 Å². The maximum Gasteiger partial charge on any atom is 0.227 e. The molecule has 0 spiro atoms. The van der Waals surface area contributed by atoms with E-state index < -0.39 is 0 Å². The number of carbonyl (C=O) groups is 2. The Morgan fingerprint density at radius 3 is 2.19 bits per heavy atom. The molecule has 4 rings (SSSR count). The molecule has 0 aliphatic carbocycles. The maximum absolute atomic E-state index is 11.5. The summed E-state index contributed by atoms with van der Waals surface area (Å²) in [5.41, 5.74) is 4.10. The molecule has 0 saturated carbocycles. The van der Waals surface area contributed by atoms with Crippen LogP contribution in [-0.2, 0) is 22.4 Å². The number of fused-ring (bicyclic) bond motifs is 2. The Morgan fingerprint density at radius 1 is 0.852 bits per heavy atom. The van der Waals surface area contributed by atoms with Gasteiger partial charge in [0.1, 0.15) is 11.5 Å². The lowest BCUT2D eigenvalue weighted by atomic mass is 10.0. The first-order chi connectivity index (χ1) is 13.0. The largest absolute Gasteiger partial charge is 0.495 e.